The van der Waals surface area contributed by atoms with Gasteiger partial charge >= 0.3 is 5.97 Å². The van der Waals surface area contributed by atoms with E-state index in [1.165, 1.54) is 10.9 Å². The van der Waals surface area contributed by atoms with Crippen molar-refractivity contribution in [3.05, 3.63) is 76.3 Å². The summed E-state index contributed by atoms with van der Waals surface area (Å²) in [5, 5.41) is 9.46. The minimum atomic E-state index is -0.568. The standard InChI is InChI=1S/C18H13N3O3/c19-9-13-5-1-2-6-14(13)11-24-17(22)10-21-12-20-16-8-4-3-7-15(16)18(21)23/h1-8,12H,10-11H2. The highest BCUT2D eigenvalue weighted by atomic mass is 16.5. The molecule has 0 unspecified atom stereocenters. The van der Waals surface area contributed by atoms with E-state index in [2.05, 4.69) is 4.98 Å². The van der Waals surface area contributed by atoms with Crippen LogP contribution in [0.4, 0.5) is 0 Å². The number of para-hydroxylation sites is 1. The van der Waals surface area contributed by atoms with Crippen molar-refractivity contribution in [3.8, 4) is 6.07 Å². The molecular formula is C18H13N3O3. The van der Waals surface area contributed by atoms with Gasteiger partial charge < -0.3 is 4.74 Å². The average molecular weight is 319 g/mol. The summed E-state index contributed by atoms with van der Waals surface area (Å²) in [6.07, 6.45) is 1.33. The maximum Gasteiger partial charge on any atom is 0.326 e. The maximum absolute atomic E-state index is 12.3. The average Bonchev–Trinajstić information content (AvgIpc) is 2.63. The fourth-order valence-corrected chi connectivity index (χ4v) is 2.32. The molecule has 2 aromatic carbocycles. The summed E-state index contributed by atoms with van der Waals surface area (Å²) in [7, 11) is 0. The predicted molar refractivity (Wildman–Crippen MR) is 87.0 cm³/mol. The van der Waals surface area contributed by atoms with Gasteiger partial charge in [-0.05, 0) is 18.2 Å². The first-order valence-corrected chi connectivity index (χ1v) is 7.27. The van der Waals surface area contributed by atoms with Crippen molar-refractivity contribution >= 4 is 16.9 Å². The SMILES string of the molecule is N#Cc1ccccc1COC(=O)Cn1cnc2ccccc2c1=O. The van der Waals surface area contributed by atoms with Crippen molar-refractivity contribution in [3.63, 3.8) is 0 Å². The molecule has 24 heavy (non-hydrogen) atoms. The van der Waals surface area contributed by atoms with Crippen LogP contribution in [0.3, 0.4) is 0 Å². The van der Waals surface area contributed by atoms with Gasteiger partial charge in [0.2, 0.25) is 0 Å². The lowest BCUT2D eigenvalue weighted by Gasteiger charge is -2.08. The summed E-state index contributed by atoms with van der Waals surface area (Å²) in [5.41, 5.74) is 1.36. The zero-order valence-corrected chi connectivity index (χ0v) is 12.7. The highest BCUT2D eigenvalue weighted by molar-refractivity contribution is 5.77. The first-order valence-electron chi connectivity index (χ1n) is 7.27. The first kappa shape index (κ1) is 15.4. The van der Waals surface area contributed by atoms with E-state index in [4.69, 9.17) is 10.00 Å². The van der Waals surface area contributed by atoms with Crippen LogP contribution < -0.4 is 5.56 Å². The van der Waals surface area contributed by atoms with E-state index in [1.807, 2.05) is 6.07 Å². The van der Waals surface area contributed by atoms with Crippen LogP contribution in [0.1, 0.15) is 11.1 Å². The van der Waals surface area contributed by atoms with Crippen molar-refractivity contribution in [1.82, 2.24) is 9.55 Å². The third-order valence-electron chi connectivity index (χ3n) is 3.56. The number of carbonyl (C=O) groups is 1. The second-order valence-corrected chi connectivity index (χ2v) is 5.12. The number of nitriles is 1. The van der Waals surface area contributed by atoms with Crippen LogP contribution in [0, 0.1) is 11.3 Å². The van der Waals surface area contributed by atoms with Crippen LogP contribution in [-0.4, -0.2) is 15.5 Å². The smallest absolute Gasteiger partial charge is 0.326 e. The number of nitrogens with zero attached hydrogens (tertiary/aromatic N) is 3. The molecule has 6 nitrogen and oxygen atoms in total. The molecular weight excluding hydrogens is 306 g/mol. The van der Waals surface area contributed by atoms with Crippen molar-refractivity contribution in [1.29, 1.82) is 5.26 Å². The second kappa shape index (κ2) is 6.75. The summed E-state index contributed by atoms with van der Waals surface area (Å²) >= 11 is 0. The number of rotatable bonds is 4. The minimum Gasteiger partial charge on any atom is -0.459 e. The molecule has 6 heteroatoms. The second-order valence-electron chi connectivity index (χ2n) is 5.12. The molecule has 0 aliphatic rings. The van der Waals surface area contributed by atoms with Gasteiger partial charge in [-0.2, -0.15) is 5.26 Å². The number of fused-ring (bicyclic) bond motifs is 1. The van der Waals surface area contributed by atoms with Crippen LogP contribution in [-0.2, 0) is 22.7 Å². The topological polar surface area (TPSA) is 85.0 Å². The Hall–Kier alpha value is -3.46. The molecule has 0 saturated heterocycles. The van der Waals surface area contributed by atoms with E-state index in [9.17, 15) is 9.59 Å². The fraction of sp³-hybridized carbons (Fsp3) is 0.111. The van der Waals surface area contributed by atoms with E-state index in [0.717, 1.165) is 0 Å². The largest absolute Gasteiger partial charge is 0.459 e. The van der Waals surface area contributed by atoms with Crippen molar-refractivity contribution in [2.24, 2.45) is 0 Å². The normalized spacial score (nSPS) is 10.3. The minimum absolute atomic E-state index is 0.0155. The summed E-state index contributed by atoms with van der Waals surface area (Å²) in [4.78, 5) is 28.4. The molecule has 3 rings (SSSR count). The molecule has 0 N–H and O–H groups in total. The van der Waals surface area contributed by atoms with Gasteiger partial charge in [0.15, 0.2) is 0 Å². The van der Waals surface area contributed by atoms with Crippen LogP contribution >= 0.6 is 0 Å². The van der Waals surface area contributed by atoms with Crippen molar-refractivity contribution < 1.29 is 9.53 Å². The molecule has 0 aliphatic carbocycles. The Kier molecular flexibility index (Phi) is 4.34. The number of aromatic nitrogens is 2. The molecule has 0 spiro atoms. The molecule has 1 heterocycles. The number of ether oxygens (including phenoxy) is 1. The van der Waals surface area contributed by atoms with Crippen LogP contribution in [0.2, 0.25) is 0 Å². The van der Waals surface area contributed by atoms with Gasteiger partial charge in [0.05, 0.1) is 28.9 Å². The van der Waals surface area contributed by atoms with Gasteiger partial charge in [0, 0.05) is 5.56 Å². The molecule has 0 amide bonds. The van der Waals surface area contributed by atoms with Crippen molar-refractivity contribution in [2.75, 3.05) is 0 Å². The quantitative estimate of drug-likeness (QED) is 0.687. The van der Waals surface area contributed by atoms with Gasteiger partial charge in [-0.15, -0.1) is 0 Å². The predicted octanol–water partition coefficient (Wildman–Crippen LogP) is 2.01. The maximum atomic E-state index is 12.3. The zero-order chi connectivity index (χ0) is 16.9. The Labute approximate surface area is 137 Å². The Morgan fingerprint density at radius 1 is 1.17 bits per heavy atom. The fourth-order valence-electron chi connectivity index (χ4n) is 2.32. The van der Waals surface area contributed by atoms with Crippen LogP contribution in [0.5, 0.6) is 0 Å². The summed E-state index contributed by atoms with van der Waals surface area (Å²) in [6, 6.07) is 15.9. The number of esters is 1. The number of benzene rings is 2. The number of hydrogen-bond acceptors (Lipinski definition) is 5. The van der Waals surface area contributed by atoms with E-state index in [-0.39, 0.29) is 18.7 Å². The lowest BCUT2D eigenvalue weighted by molar-refractivity contribution is -0.145. The third kappa shape index (κ3) is 3.15. The highest BCUT2D eigenvalue weighted by Crippen LogP contribution is 2.09. The van der Waals surface area contributed by atoms with Crippen LogP contribution in [0.15, 0.2) is 59.7 Å². The Morgan fingerprint density at radius 2 is 1.92 bits per heavy atom. The van der Waals surface area contributed by atoms with Gasteiger partial charge in [-0.1, -0.05) is 30.3 Å². The van der Waals surface area contributed by atoms with E-state index < -0.39 is 5.97 Å². The monoisotopic (exact) mass is 319 g/mol. The molecule has 0 fully saturated rings. The number of carbonyl (C=O) groups excluding carboxylic acids is 1. The Balaban J connectivity index is 1.73. The van der Waals surface area contributed by atoms with Gasteiger partial charge in [0.1, 0.15) is 13.2 Å². The van der Waals surface area contributed by atoms with E-state index in [0.29, 0.717) is 22.0 Å². The zero-order valence-electron chi connectivity index (χ0n) is 12.7. The number of hydrogen-bond donors (Lipinski definition) is 0. The first-order chi connectivity index (χ1) is 11.7. The van der Waals surface area contributed by atoms with Gasteiger partial charge in [0.25, 0.3) is 5.56 Å². The third-order valence-corrected chi connectivity index (χ3v) is 3.56. The molecule has 0 aliphatic heterocycles. The molecule has 0 bridgehead atoms. The van der Waals surface area contributed by atoms with E-state index in [1.54, 1.807) is 48.5 Å². The molecule has 1 aromatic heterocycles. The molecule has 0 saturated carbocycles. The molecule has 118 valence electrons. The van der Waals surface area contributed by atoms with Crippen molar-refractivity contribution in [2.45, 2.75) is 13.2 Å². The van der Waals surface area contributed by atoms with Gasteiger partial charge in [-0.25, -0.2) is 4.98 Å². The van der Waals surface area contributed by atoms with Crippen LogP contribution in [0.25, 0.3) is 10.9 Å². The summed E-state index contributed by atoms with van der Waals surface area (Å²) in [6.45, 7) is -0.246. The van der Waals surface area contributed by atoms with Gasteiger partial charge in [-0.3, -0.25) is 14.2 Å². The molecule has 0 atom stereocenters. The lowest BCUT2D eigenvalue weighted by atomic mass is 10.1. The summed E-state index contributed by atoms with van der Waals surface area (Å²) in [5.74, 6) is -0.568. The lowest BCUT2D eigenvalue weighted by Crippen LogP contribution is -2.25. The molecule has 3 aromatic rings. The molecule has 0 radical (unpaired) electrons. The highest BCUT2D eigenvalue weighted by Gasteiger charge is 2.10. The Bertz CT molecular complexity index is 1000. The summed E-state index contributed by atoms with van der Waals surface area (Å²) < 4.78 is 6.37. The van der Waals surface area contributed by atoms with E-state index >= 15 is 0 Å². The Morgan fingerprint density at radius 3 is 2.75 bits per heavy atom.